The predicted molar refractivity (Wildman–Crippen MR) is 84.6 cm³/mol. The number of hydrogen-bond acceptors (Lipinski definition) is 1. The van der Waals surface area contributed by atoms with Crippen molar-refractivity contribution in [1.82, 2.24) is 0 Å². The molecule has 0 atom stereocenters. The summed E-state index contributed by atoms with van der Waals surface area (Å²) in [7, 11) is 0. The number of hydrogen-bond donors (Lipinski definition) is 0. The van der Waals surface area contributed by atoms with E-state index in [2.05, 4.69) is 22.0 Å². The van der Waals surface area contributed by atoms with E-state index in [-0.39, 0.29) is 5.78 Å². The first-order valence-electron chi connectivity index (χ1n) is 5.91. The largest absolute Gasteiger partial charge is 0.293 e. The van der Waals surface area contributed by atoms with Crippen LogP contribution in [0.5, 0.6) is 0 Å². The maximum absolute atomic E-state index is 12.1. The van der Waals surface area contributed by atoms with E-state index in [9.17, 15) is 4.79 Å². The second kappa shape index (κ2) is 4.95. The Balaban J connectivity index is 2.51. The number of alkyl halides is 1. The summed E-state index contributed by atoms with van der Waals surface area (Å²) < 4.78 is 0. The van der Waals surface area contributed by atoms with Gasteiger partial charge in [-0.3, -0.25) is 4.79 Å². The van der Waals surface area contributed by atoms with E-state index in [0.717, 1.165) is 21.5 Å². The average molecular weight is 334 g/mol. The highest BCUT2D eigenvalue weighted by atomic mass is 79.9. The number of halogens is 2. The monoisotopic (exact) mass is 332 g/mol. The molecule has 3 heteroatoms. The summed E-state index contributed by atoms with van der Waals surface area (Å²) in [4.78, 5) is 12.1. The minimum absolute atomic E-state index is 0.0676. The smallest absolute Gasteiger partial charge is 0.174 e. The predicted octanol–water partition coefficient (Wildman–Crippen LogP) is 5.22. The average Bonchev–Trinajstić information content (AvgIpc) is 2.45. The van der Waals surface area contributed by atoms with Gasteiger partial charge in [0.2, 0.25) is 0 Å². The highest BCUT2D eigenvalue weighted by Gasteiger charge is 2.12. The molecule has 3 aromatic rings. The zero-order valence-corrected chi connectivity index (χ0v) is 12.3. The van der Waals surface area contributed by atoms with Crippen molar-refractivity contribution < 1.29 is 4.79 Å². The lowest BCUT2D eigenvalue weighted by atomic mass is 9.95. The lowest BCUT2D eigenvalue weighted by Gasteiger charge is -2.09. The van der Waals surface area contributed by atoms with Gasteiger partial charge in [0.15, 0.2) is 5.78 Å². The van der Waals surface area contributed by atoms with Crippen LogP contribution in [0.2, 0.25) is 5.02 Å². The fourth-order valence-corrected chi connectivity index (χ4v) is 2.85. The molecule has 19 heavy (non-hydrogen) atoms. The summed E-state index contributed by atoms with van der Waals surface area (Å²) in [6, 6.07) is 15.7. The van der Waals surface area contributed by atoms with Gasteiger partial charge < -0.3 is 0 Å². The molecule has 3 rings (SSSR count). The standard InChI is InChI=1S/C16H10BrClO/c17-9-16(19)15-7-10-3-1-2-4-12(10)13-6-5-11(18)8-14(13)15/h1-8H,9H2. The minimum atomic E-state index is 0.0676. The highest BCUT2D eigenvalue weighted by Crippen LogP contribution is 2.31. The number of rotatable bonds is 2. The van der Waals surface area contributed by atoms with Crippen LogP contribution in [-0.2, 0) is 0 Å². The maximum atomic E-state index is 12.1. The SMILES string of the molecule is O=C(CBr)c1cc2ccccc2c2ccc(Cl)cc12. The van der Waals surface area contributed by atoms with Crippen LogP contribution in [0, 0.1) is 0 Å². The summed E-state index contributed by atoms with van der Waals surface area (Å²) in [6.45, 7) is 0. The van der Waals surface area contributed by atoms with Crippen molar-refractivity contribution >= 4 is 54.9 Å². The number of fused-ring (bicyclic) bond motifs is 3. The van der Waals surface area contributed by atoms with Gasteiger partial charge >= 0.3 is 0 Å². The van der Waals surface area contributed by atoms with Gasteiger partial charge in [-0.15, -0.1) is 0 Å². The molecule has 0 saturated heterocycles. The third kappa shape index (κ3) is 2.15. The molecule has 0 heterocycles. The van der Waals surface area contributed by atoms with Gasteiger partial charge in [-0.25, -0.2) is 0 Å². The molecular weight excluding hydrogens is 324 g/mol. The van der Waals surface area contributed by atoms with Gasteiger partial charge in [-0.05, 0) is 39.7 Å². The molecule has 1 nitrogen and oxygen atoms in total. The van der Waals surface area contributed by atoms with Gasteiger partial charge in [-0.2, -0.15) is 0 Å². The molecule has 0 unspecified atom stereocenters. The van der Waals surface area contributed by atoms with Crippen LogP contribution in [0.15, 0.2) is 48.5 Å². The molecule has 0 aliphatic carbocycles. The van der Waals surface area contributed by atoms with Gasteiger partial charge in [0.1, 0.15) is 0 Å². The molecule has 94 valence electrons. The third-order valence-electron chi connectivity index (χ3n) is 3.24. The van der Waals surface area contributed by atoms with E-state index < -0.39 is 0 Å². The molecule has 0 fully saturated rings. The second-order valence-electron chi connectivity index (χ2n) is 4.39. The Kier molecular flexibility index (Phi) is 3.29. The Morgan fingerprint density at radius 2 is 1.79 bits per heavy atom. The Morgan fingerprint density at radius 1 is 1.00 bits per heavy atom. The molecule has 0 bridgehead atoms. The molecule has 0 spiro atoms. The summed E-state index contributed by atoms with van der Waals surface area (Å²) >= 11 is 9.30. The van der Waals surface area contributed by atoms with Crippen LogP contribution in [0.25, 0.3) is 21.5 Å². The Labute approximate surface area is 124 Å². The van der Waals surface area contributed by atoms with E-state index >= 15 is 0 Å². The summed E-state index contributed by atoms with van der Waals surface area (Å²) in [5, 5.41) is 5.14. The van der Waals surface area contributed by atoms with Crippen molar-refractivity contribution in [2.24, 2.45) is 0 Å². The minimum Gasteiger partial charge on any atom is -0.293 e. The van der Waals surface area contributed by atoms with Gasteiger partial charge in [0.05, 0.1) is 5.33 Å². The Hall–Kier alpha value is -1.38. The number of carbonyl (C=O) groups is 1. The van der Waals surface area contributed by atoms with E-state index in [0.29, 0.717) is 15.9 Å². The zero-order chi connectivity index (χ0) is 13.4. The lowest BCUT2D eigenvalue weighted by molar-refractivity contribution is 0.102. The number of Topliss-reactive ketones (excluding diaryl/α,β-unsaturated/α-hetero) is 1. The van der Waals surface area contributed by atoms with Crippen molar-refractivity contribution in [3.8, 4) is 0 Å². The zero-order valence-electron chi connectivity index (χ0n) is 9.99. The third-order valence-corrected chi connectivity index (χ3v) is 3.99. The van der Waals surface area contributed by atoms with Gasteiger partial charge in [0, 0.05) is 10.6 Å². The van der Waals surface area contributed by atoms with Crippen LogP contribution in [-0.4, -0.2) is 11.1 Å². The summed E-state index contributed by atoms with van der Waals surface area (Å²) in [5.74, 6) is 0.0676. The second-order valence-corrected chi connectivity index (χ2v) is 5.39. The van der Waals surface area contributed by atoms with Crippen LogP contribution in [0.1, 0.15) is 10.4 Å². The highest BCUT2D eigenvalue weighted by molar-refractivity contribution is 9.09. The molecular formula is C16H10BrClO. The molecule has 0 aliphatic heterocycles. The summed E-state index contributed by atoms with van der Waals surface area (Å²) in [5.41, 5.74) is 0.716. The topological polar surface area (TPSA) is 17.1 Å². The fraction of sp³-hybridized carbons (Fsp3) is 0.0625. The first-order valence-corrected chi connectivity index (χ1v) is 7.41. The van der Waals surface area contributed by atoms with Crippen LogP contribution < -0.4 is 0 Å². The van der Waals surface area contributed by atoms with Crippen molar-refractivity contribution in [3.63, 3.8) is 0 Å². The molecule has 0 saturated carbocycles. The molecule has 3 aromatic carbocycles. The van der Waals surface area contributed by atoms with Gasteiger partial charge in [-0.1, -0.05) is 57.9 Å². The number of benzene rings is 3. The Bertz CT molecular complexity index is 795. The number of carbonyl (C=O) groups excluding carboxylic acids is 1. The van der Waals surface area contributed by atoms with E-state index in [1.165, 1.54) is 0 Å². The van der Waals surface area contributed by atoms with E-state index in [1.54, 1.807) is 0 Å². The summed E-state index contributed by atoms with van der Waals surface area (Å²) in [6.07, 6.45) is 0. The van der Waals surface area contributed by atoms with Gasteiger partial charge in [0.25, 0.3) is 0 Å². The Morgan fingerprint density at radius 3 is 2.58 bits per heavy atom. The maximum Gasteiger partial charge on any atom is 0.174 e. The first kappa shape index (κ1) is 12.6. The molecule has 0 radical (unpaired) electrons. The van der Waals surface area contributed by atoms with Crippen LogP contribution >= 0.6 is 27.5 Å². The molecule has 0 N–H and O–H groups in total. The van der Waals surface area contributed by atoms with Crippen LogP contribution in [0.3, 0.4) is 0 Å². The van der Waals surface area contributed by atoms with Crippen molar-refractivity contribution in [2.45, 2.75) is 0 Å². The molecule has 0 aliphatic rings. The number of ketones is 1. The van der Waals surface area contributed by atoms with E-state index in [4.69, 9.17) is 11.6 Å². The fourth-order valence-electron chi connectivity index (χ4n) is 2.38. The molecule has 0 aromatic heterocycles. The van der Waals surface area contributed by atoms with Crippen molar-refractivity contribution in [1.29, 1.82) is 0 Å². The quantitative estimate of drug-likeness (QED) is 0.357. The molecule has 0 amide bonds. The van der Waals surface area contributed by atoms with Crippen molar-refractivity contribution in [3.05, 3.63) is 59.1 Å². The normalized spacial score (nSPS) is 11.1. The van der Waals surface area contributed by atoms with E-state index in [1.807, 2.05) is 42.5 Å². The van der Waals surface area contributed by atoms with Crippen LogP contribution in [0.4, 0.5) is 0 Å². The lowest BCUT2D eigenvalue weighted by Crippen LogP contribution is -2.01. The first-order chi connectivity index (χ1) is 9.20. The van der Waals surface area contributed by atoms with Crippen molar-refractivity contribution in [2.75, 3.05) is 5.33 Å².